The molecule has 2 aliphatic rings. The van der Waals surface area contributed by atoms with Gasteiger partial charge in [-0.05, 0) is 52.3 Å². The normalized spacial score (nSPS) is 41.4. The van der Waals surface area contributed by atoms with Gasteiger partial charge in [-0.1, -0.05) is 32.1 Å². The number of likely N-dealkylation sites (N-methyl/N-ethyl adjacent to an activating group) is 1. The van der Waals surface area contributed by atoms with Crippen LogP contribution >= 0.6 is 0 Å². The average molecular weight is 567 g/mol. The fourth-order valence-electron chi connectivity index (χ4n) is 5.81. The van der Waals surface area contributed by atoms with Crippen LogP contribution < -0.4 is 0 Å². The van der Waals surface area contributed by atoms with Crippen molar-refractivity contribution in [1.29, 1.82) is 0 Å². The van der Waals surface area contributed by atoms with E-state index < -0.39 is 42.6 Å². The Kier molecular flexibility index (Phi) is 14.1. The molecular formula is C30H50N2O8. The topological polar surface area (TPSA) is 127 Å². The number of aliphatic hydroxyl groups is 2. The van der Waals surface area contributed by atoms with E-state index in [2.05, 4.69) is 4.99 Å². The Morgan fingerprint density at radius 2 is 1.85 bits per heavy atom. The van der Waals surface area contributed by atoms with Crippen LogP contribution in [0.4, 0.5) is 0 Å². The SMILES string of the molecule is CN=C1/C=C/C=C/C[C@@H](C)OC(=O)C[C@@H](O)[C@H](OC)[C@@H](OC2OC(C)C(C)C(N(C)C)C2O)[C@@H](CC=O)C[C@H]1C. The largest absolute Gasteiger partial charge is 0.462 e. The minimum absolute atomic E-state index is 0.0254. The molecule has 0 aliphatic carbocycles. The molecule has 10 nitrogen and oxygen atoms in total. The maximum atomic E-state index is 12.7. The standard InChI is InChI=1S/C30H50N2O8/c1-18-16-22(14-15-33)28(40-30-27(36)26(32(6)7)20(3)21(4)39-30)29(37-8)24(34)17-25(35)38-19(2)12-10-9-11-13-23(18)31-5/h9-11,13,15,18-22,24,26-30,34,36H,12,14,16-17H2,1-8H3/b10-9+,13-11+,31-23?/t18-,19-,20?,21?,22+,24-,26?,27?,28+,29+,30?/m1/s1. The predicted octanol–water partition coefficient (Wildman–Crippen LogP) is 2.56. The number of esters is 1. The van der Waals surface area contributed by atoms with Crippen LogP contribution in [-0.2, 0) is 28.5 Å². The van der Waals surface area contributed by atoms with Gasteiger partial charge in [0.05, 0.1) is 24.7 Å². The van der Waals surface area contributed by atoms with E-state index in [1.807, 2.05) is 64.1 Å². The summed E-state index contributed by atoms with van der Waals surface area (Å²) in [5, 5.41) is 22.6. The summed E-state index contributed by atoms with van der Waals surface area (Å²) in [6, 6.07) is -0.247. The predicted molar refractivity (Wildman–Crippen MR) is 153 cm³/mol. The maximum absolute atomic E-state index is 12.7. The molecular weight excluding hydrogens is 516 g/mol. The summed E-state index contributed by atoms with van der Waals surface area (Å²) in [5.74, 6) is -1.05. The van der Waals surface area contributed by atoms with E-state index >= 15 is 0 Å². The second kappa shape index (κ2) is 16.5. The number of aliphatic hydroxyl groups excluding tert-OH is 2. The highest BCUT2D eigenvalue weighted by Crippen LogP contribution is 2.34. The Bertz CT molecular complexity index is 891. The van der Waals surface area contributed by atoms with Crippen molar-refractivity contribution >= 4 is 18.0 Å². The molecule has 5 unspecified atom stereocenters. The van der Waals surface area contributed by atoms with E-state index in [0.29, 0.717) is 12.8 Å². The fourth-order valence-corrected chi connectivity index (χ4v) is 5.81. The molecule has 2 aliphatic heterocycles. The number of carbonyl (C=O) groups excluding carboxylic acids is 2. The van der Waals surface area contributed by atoms with Crippen LogP contribution in [0.3, 0.4) is 0 Å². The molecule has 2 heterocycles. The molecule has 0 saturated carbocycles. The van der Waals surface area contributed by atoms with Gasteiger partial charge in [-0.25, -0.2) is 0 Å². The molecule has 0 aromatic heterocycles. The quantitative estimate of drug-likeness (QED) is 0.368. The van der Waals surface area contributed by atoms with E-state index in [1.165, 1.54) is 7.11 Å². The minimum Gasteiger partial charge on any atom is -0.462 e. The number of carbonyl (C=O) groups is 2. The van der Waals surface area contributed by atoms with Crippen molar-refractivity contribution < 1.29 is 38.7 Å². The van der Waals surface area contributed by atoms with E-state index in [0.717, 1.165) is 12.0 Å². The molecule has 0 amide bonds. The lowest BCUT2D eigenvalue weighted by Gasteiger charge is -2.47. The van der Waals surface area contributed by atoms with Gasteiger partial charge in [0.1, 0.15) is 24.6 Å². The first-order valence-corrected chi connectivity index (χ1v) is 14.2. The zero-order chi connectivity index (χ0) is 30.0. The van der Waals surface area contributed by atoms with Crippen LogP contribution in [0, 0.1) is 17.8 Å². The number of methoxy groups -OCH3 is 1. The highest BCUT2D eigenvalue weighted by atomic mass is 16.7. The van der Waals surface area contributed by atoms with Crippen LogP contribution in [-0.4, -0.2) is 110 Å². The number of hydrogen-bond acceptors (Lipinski definition) is 10. The highest BCUT2D eigenvalue weighted by molar-refractivity contribution is 5.96. The third-order valence-corrected chi connectivity index (χ3v) is 8.09. The molecule has 2 rings (SSSR count). The van der Waals surface area contributed by atoms with E-state index in [-0.39, 0.29) is 42.9 Å². The van der Waals surface area contributed by atoms with E-state index in [1.54, 1.807) is 14.0 Å². The number of aldehydes is 1. The summed E-state index contributed by atoms with van der Waals surface area (Å²) in [6.07, 6.45) is 3.34. The lowest BCUT2D eigenvalue weighted by atomic mass is 9.82. The number of ether oxygens (including phenoxy) is 4. The van der Waals surface area contributed by atoms with Crippen LogP contribution in [0.5, 0.6) is 0 Å². The molecule has 0 aromatic rings. The first-order chi connectivity index (χ1) is 18.9. The Morgan fingerprint density at radius 1 is 1.15 bits per heavy atom. The molecule has 0 bridgehead atoms. The van der Waals surface area contributed by atoms with E-state index in [4.69, 9.17) is 18.9 Å². The van der Waals surface area contributed by atoms with Gasteiger partial charge in [0.15, 0.2) is 6.29 Å². The number of rotatable bonds is 6. The fraction of sp³-hybridized carbons (Fsp3) is 0.767. The minimum atomic E-state index is -1.29. The summed E-state index contributed by atoms with van der Waals surface area (Å²) in [4.78, 5) is 31.0. The lowest BCUT2D eigenvalue weighted by Crippen LogP contribution is -2.60. The molecule has 11 atom stereocenters. The Hall–Kier alpha value is -1.95. The summed E-state index contributed by atoms with van der Waals surface area (Å²) in [7, 11) is 6.94. The van der Waals surface area contributed by atoms with Crippen molar-refractivity contribution in [1.82, 2.24) is 4.90 Å². The second-order valence-corrected chi connectivity index (χ2v) is 11.4. The zero-order valence-electron chi connectivity index (χ0n) is 25.3. The van der Waals surface area contributed by atoms with Gasteiger partial charge in [-0.3, -0.25) is 9.79 Å². The lowest BCUT2D eigenvalue weighted by molar-refractivity contribution is -0.301. The van der Waals surface area contributed by atoms with Gasteiger partial charge in [0.2, 0.25) is 0 Å². The highest BCUT2D eigenvalue weighted by Gasteiger charge is 2.47. The Balaban J connectivity index is 2.53. The van der Waals surface area contributed by atoms with Gasteiger partial charge in [-0.2, -0.15) is 0 Å². The van der Waals surface area contributed by atoms with Crippen LogP contribution in [0.2, 0.25) is 0 Å². The average Bonchev–Trinajstić information content (AvgIpc) is 2.87. The monoisotopic (exact) mass is 566 g/mol. The number of hydrogen-bond donors (Lipinski definition) is 2. The number of aliphatic imine (C=N–C) groups is 1. The Labute approximate surface area is 239 Å². The first-order valence-electron chi connectivity index (χ1n) is 14.2. The molecule has 0 spiro atoms. The third kappa shape index (κ3) is 9.29. The summed E-state index contributed by atoms with van der Waals surface area (Å²) in [6.45, 7) is 7.75. The van der Waals surface area contributed by atoms with Crippen molar-refractivity contribution in [2.75, 3.05) is 28.3 Å². The molecule has 1 fully saturated rings. The molecule has 0 radical (unpaired) electrons. The van der Waals surface area contributed by atoms with Gasteiger partial charge >= 0.3 is 5.97 Å². The van der Waals surface area contributed by atoms with Gasteiger partial charge in [0, 0.05) is 44.7 Å². The molecule has 228 valence electrons. The smallest absolute Gasteiger partial charge is 0.308 e. The number of nitrogens with zero attached hydrogens (tertiary/aromatic N) is 2. The van der Waals surface area contributed by atoms with Crippen molar-refractivity contribution in [2.24, 2.45) is 22.7 Å². The molecule has 1 saturated heterocycles. The van der Waals surface area contributed by atoms with Crippen molar-refractivity contribution in [3.8, 4) is 0 Å². The van der Waals surface area contributed by atoms with Crippen LogP contribution in [0.25, 0.3) is 0 Å². The Morgan fingerprint density at radius 3 is 2.45 bits per heavy atom. The number of cyclic esters (lactones) is 1. The van der Waals surface area contributed by atoms with Crippen molar-refractivity contribution in [3.63, 3.8) is 0 Å². The first kappa shape index (κ1) is 34.3. The zero-order valence-corrected chi connectivity index (χ0v) is 25.3. The molecule has 2 N–H and O–H groups in total. The van der Waals surface area contributed by atoms with E-state index in [9.17, 15) is 19.8 Å². The van der Waals surface area contributed by atoms with Gasteiger partial charge in [0.25, 0.3) is 0 Å². The maximum Gasteiger partial charge on any atom is 0.308 e. The van der Waals surface area contributed by atoms with Crippen LogP contribution in [0.15, 0.2) is 29.3 Å². The summed E-state index contributed by atoms with van der Waals surface area (Å²) >= 11 is 0. The van der Waals surface area contributed by atoms with Crippen LogP contribution in [0.1, 0.15) is 53.4 Å². The third-order valence-electron chi connectivity index (χ3n) is 8.09. The van der Waals surface area contributed by atoms with Crippen molar-refractivity contribution in [3.05, 3.63) is 24.3 Å². The summed E-state index contributed by atoms with van der Waals surface area (Å²) < 4.78 is 23.9. The molecule has 0 aromatic carbocycles. The molecule has 10 heteroatoms. The van der Waals surface area contributed by atoms with Crippen molar-refractivity contribution in [2.45, 2.75) is 102 Å². The van der Waals surface area contributed by atoms with Gasteiger partial charge in [-0.15, -0.1) is 0 Å². The molecule has 40 heavy (non-hydrogen) atoms. The second-order valence-electron chi connectivity index (χ2n) is 11.4. The van der Waals surface area contributed by atoms with Gasteiger partial charge < -0.3 is 38.9 Å². The number of allylic oxidation sites excluding steroid dienone is 3. The summed E-state index contributed by atoms with van der Waals surface area (Å²) in [5.41, 5.74) is 0.837.